The Morgan fingerprint density at radius 3 is 2.79 bits per heavy atom. The standard InChI is InChI=1S/C10H11ClN2O/c1-13-9(6-12)8-5-7(11)3-4-10(8)14-2/h3-5,9,13H,1-2H3. The topological polar surface area (TPSA) is 45.0 Å². The van der Waals surface area contributed by atoms with E-state index in [1.807, 2.05) is 0 Å². The molecule has 1 N–H and O–H groups in total. The van der Waals surface area contributed by atoms with Crippen molar-refractivity contribution in [2.45, 2.75) is 6.04 Å². The van der Waals surface area contributed by atoms with E-state index in [1.165, 1.54) is 0 Å². The molecule has 1 unspecified atom stereocenters. The van der Waals surface area contributed by atoms with E-state index in [1.54, 1.807) is 32.4 Å². The van der Waals surface area contributed by atoms with E-state index in [4.69, 9.17) is 21.6 Å². The van der Waals surface area contributed by atoms with Crippen LogP contribution in [0.25, 0.3) is 0 Å². The highest BCUT2D eigenvalue weighted by Crippen LogP contribution is 2.27. The molecule has 1 rings (SSSR count). The summed E-state index contributed by atoms with van der Waals surface area (Å²) in [6, 6.07) is 6.93. The van der Waals surface area contributed by atoms with E-state index in [0.717, 1.165) is 5.56 Å². The molecular weight excluding hydrogens is 200 g/mol. The predicted molar refractivity (Wildman–Crippen MR) is 55.4 cm³/mol. The molecule has 0 aliphatic rings. The minimum atomic E-state index is -0.399. The second-order valence-corrected chi connectivity index (χ2v) is 3.17. The highest BCUT2D eigenvalue weighted by atomic mass is 35.5. The van der Waals surface area contributed by atoms with Crippen LogP contribution in [-0.4, -0.2) is 14.2 Å². The third-order valence-electron chi connectivity index (χ3n) is 1.92. The number of halogens is 1. The average molecular weight is 211 g/mol. The molecule has 0 aliphatic heterocycles. The Kier molecular flexibility index (Phi) is 3.75. The van der Waals surface area contributed by atoms with Crippen molar-refractivity contribution < 1.29 is 4.74 Å². The summed E-state index contributed by atoms with van der Waals surface area (Å²) in [5, 5.41) is 12.3. The van der Waals surface area contributed by atoms with Gasteiger partial charge < -0.3 is 10.1 Å². The van der Waals surface area contributed by atoms with Gasteiger partial charge in [0.05, 0.1) is 13.2 Å². The monoisotopic (exact) mass is 210 g/mol. The molecule has 0 bridgehead atoms. The first-order valence-electron chi connectivity index (χ1n) is 4.13. The Morgan fingerprint density at radius 2 is 2.29 bits per heavy atom. The summed E-state index contributed by atoms with van der Waals surface area (Å²) < 4.78 is 5.14. The third-order valence-corrected chi connectivity index (χ3v) is 2.16. The lowest BCUT2D eigenvalue weighted by Gasteiger charge is -2.12. The van der Waals surface area contributed by atoms with Crippen molar-refractivity contribution in [1.82, 2.24) is 5.32 Å². The van der Waals surface area contributed by atoms with Gasteiger partial charge in [0.1, 0.15) is 11.8 Å². The first-order chi connectivity index (χ1) is 6.72. The zero-order chi connectivity index (χ0) is 10.6. The molecule has 1 atom stereocenters. The van der Waals surface area contributed by atoms with Crippen molar-refractivity contribution in [1.29, 1.82) is 5.26 Å². The van der Waals surface area contributed by atoms with E-state index in [-0.39, 0.29) is 0 Å². The van der Waals surface area contributed by atoms with E-state index in [2.05, 4.69) is 11.4 Å². The molecule has 0 radical (unpaired) electrons. The lowest BCUT2D eigenvalue weighted by atomic mass is 10.1. The van der Waals surface area contributed by atoms with Gasteiger partial charge in [-0.1, -0.05) is 11.6 Å². The van der Waals surface area contributed by atoms with E-state index >= 15 is 0 Å². The number of nitriles is 1. The van der Waals surface area contributed by atoms with Crippen molar-refractivity contribution >= 4 is 11.6 Å². The SMILES string of the molecule is CNC(C#N)c1cc(Cl)ccc1OC. The van der Waals surface area contributed by atoms with Gasteiger partial charge in [-0.25, -0.2) is 0 Å². The third kappa shape index (κ3) is 2.16. The fourth-order valence-corrected chi connectivity index (χ4v) is 1.40. The molecule has 74 valence electrons. The number of rotatable bonds is 3. The first-order valence-corrected chi connectivity index (χ1v) is 4.51. The molecule has 3 nitrogen and oxygen atoms in total. The average Bonchev–Trinajstić information content (AvgIpc) is 2.20. The van der Waals surface area contributed by atoms with Crippen LogP contribution in [0.15, 0.2) is 18.2 Å². The smallest absolute Gasteiger partial charge is 0.124 e. The van der Waals surface area contributed by atoms with E-state index in [0.29, 0.717) is 10.8 Å². The number of methoxy groups -OCH3 is 1. The molecule has 0 aromatic heterocycles. The number of nitrogens with zero attached hydrogens (tertiary/aromatic N) is 1. The van der Waals surface area contributed by atoms with Crippen molar-refractivity contribution in [3.8, 4) is 11.8 Å². The second-order valence-electron chi connectivity index (χ2n) is 2.74. The fourth-order valence-electron chi connectivity index (χ4n) is 1.22. The van der Waals surface area contributed by atoms with Gasteiger partial charge in [-0.05, 0) is 25.2 Å². The number of hydrogen-bond donors (Lipinski definition) is 1. The Balaban J connectivity index is 3.16. The summed E-state index contributed by atoms with van der Waals surface area (Å²) >= 11 is 5.84. The molecule has 4 heteroatoms. The molecule has 0 aliphatic carbocycles. The number of benzene rings is 1. The van der Waals surface area contributed by atoms with Crippen LogP contribution in [0.1, 0.15) is 11.6 Å². The molecule has 1 aromatic rings. The van der Waals surface area contributed by atoms with Crippen LogP contribution >= 0.6 is 11.6 Å². The molecule has 0 spiro atoms. The maximum absolute atomic E-state index is 8.88. The maximum atomic E-state index is 8.88. The van der Waals surface area contributed by atoms with Crippen molar-refractivity contribution in [3.63, 3.8) is 0 Å². The largest absolute Gasteiger partial charge is 0.496 e. The number of hydrogen-bond acceptors (Lipinski definition) is 3. The van der Waals surface area contributed by atoms with Gasteiger partial charge >= 0.3 is 0 Å². The van der Waals surface area contributed by atoms with Crippen molar-refractivity contribution in [2.24, 2.45) is 0 Å². The van der Waals surface area contributed by atoms with Gasteiger partial charge in [0.2, 0.25) is 0 Å². The second kappa shape index (κ2) is 4.85. The zero-order valence-corrected chi connectivity index (χ0v) is 8.80. The lowest BCUT2D eigenvalue weighted by molar-refractivity contribution is 0.406. The summed E-state index contributed by atoms with van der Waals surface area (Å²) in [5.41, 5.74) is 0.755. The van der Waals surface area contributed by atoms with Crippen molar-refractivity contribution in [2.75, 3.05) is 14.2 Å². The first kappa shape index (κ1) is 10.8. The van der Waals surface area contributed by atoms with Crippen LogP contribution < -0.4 is 10.1 Å². The van der Waals surface area contributed by atoms with Crippen molar-refractivity contribution in [3.05, 3.63) is 28.8 Å². The van der Waals surface area contributed by atoms with Gasteiger partial charge in [-0.3, -0.25) is 0 Å². The minimum absolute atomic E-state index is 0.399. The minimum Gasteiger partial charge on any atom is -0.496 e. The van der Waals surface area contributed by atoms with E-state index < -0.39 is 6.04 Å². The van der Waals surface area contributed by atoms with Crippen LogP contribution in [0.3, 0.4) is 0 Å². The maximum Gasteiger partial charge on any atom is 0.124 e. The van der Waals surface area contributed by atoms with Gasteiger partial charge in [-0.2, -0.15) is 5.26 Å². The Morgan fingerprint density at radius 1 is 1.57 bits per heavy atom. The number of ether oxygens (including phenoxy) is 1. The van der Waals surface area contributed by atoms with Gasteiger partial charge in [-0.15, -0.1) is 0 Å². The van der Waals surface area contributed by atoms with Crippen LogP contribution in [0.2, 0.25) is 5.02 Å². The molecule has 0 saturated heterocycles. The van der Waals surface area contributed by atoms with E-state index in [9.17, 15) is 0 Å². The van der Waals surface area contributed by atoms with Crippen LogP contribution in [0, 0.1) is 11.3 Å². The quantitative estimate of drug-likeness (QED) is 0.832. The highest BCUT2D eigenvalue weighted by Gasteiger charge is 2.13. The summed E-state index contributed by atoms with van der Waals surface area (Å²) in [6.45, 7) is 0. The fraction of sp³-hybridized carbons (Fsp3) is 0.300. The summed E-state index contributed by atoms with van der Waals surface area (Å²) in [5.74, 6) is 0.662. The van der Waals surface area contributed by atoms with Crippen LogP contribution in [0.5, 0.6) is 5.75 Å². The van der Waals surface area contributed by atoms with Gasteiger partial charge in [0, 0.05) is 10.6 Å². The zero-order valence-electron chi connectivity index (χ0n) is 8.04. The Labute approximate surface area is 88.3 Å². The summed E-state index contributed by atoms with van der Waals surface area (Å²) in [6.07, 6.45) is 0. The van der Waals surface area contributed by atoms with Crippen LogP contribution in [0.4, 0.5) is 0 Å². The molecule has 0 heterocycles. The Hall–Kier alpha value is -1.24. The lowest BCUT2D eigenvalue weighted by Crippen LogP contribution is -2.15. The Bertz CT molecular complexity index is 360. The molecule has 1 aromatic carbocycles. The van der Waals surface area contributed by atoms with Gasteiger partial charge in [0.15, 0.2) is 0 Å². The molecule has 0 amide bonds. The summed E-state index contributed by atoms with van der Waals surface area (Å²) in [7, 11) is 3.28. The number of nitrogens with one attached hydrogen (secondary N) is 1. The van der Waals surface area contributed by atoms with Gasteiger partial charge in [0.25, 0.3) is 0 Å². The molecular formula is C10H11ClN2O. The molecule has 14 heavy (non-hydrogen) atoms. The highest BCUT2D eigenvalue weighted by molar-refractivity contribution is 6.30. The predicted octanol–water partition coefficient (Wildman–Crippen LogP) is 2.13. The summed E-state index contributed by atoms with van der Waals surface area (Å²) in [4.78, 5) is 0. The normalized spacial score (nSPS) is 11.9. The van der Waals surface area contributed by atoms with Crippen LogP contribution in [-0.2, 0) is 0 Å². The molecule has 0 fully saturated rings. The molecule has 0 saturated carbocycles.